The van der Waals surface area contributed by atoms with Crippen LogP contribution < -0.4 is 0 Å². The van der Waals surface area contributed by atoms with Gasteiger partial charge < -0.3 is 14.9 Å². The summed E-state index contributed by atoms with van der Waals surface area (Å²) in [5.74, 6) is -1.77. The van der Waals surface area contributed by atoms with E-state index in [9.17, 15) is 24.6 Å². The average Bonchev–Trinajstić information content (AvgIpc) is 3.00. The van der Waals surface area contributed by atoms with Gasteiger partial charge in [0.15, 0.2) is 11.6 Å². The Hall–Kier alpha value is -1.27. The molecule has 0 radical (unpaired) electrons. The van der Waals surface area contributed by atoms with E-state index in [4.69, 9.17) is 4.74 Å². The number of esters is 1. The van der Waals surface area contributed by atoms with E-state index in [2.05, 4.69) is 20.8 Å². The first-order valence-corrected chi connectivity index (χ1v) is 18.5. The molecule has 0 aromatic heterocycles. The van der Waals surface area contributed by atoms with Gasteiger partial charge in [0, 0.05) is 19.3 Å². The highest BCUT2D eigenvalue weighted by atomic mass is 16.6. The van der Waals surface area contributed by atoms with Crippen LogP contribution in [0.25, 0.3) is 0 Å². The fraction of sp³-hybridized carbons (Fsp3) is 0.919. The van der Waals surface area contributed by atoms with Crippen LogP contribution in [0.1, 0.15) is 201 Å². The van der Waals surface area contributed by atoms with Crippen molar-refractivity contribution in [3.8, 4) is 0 Å². The van der Waals surface area contributed by atoms with Gasteiger partial charge >= 0.3 is 5.97 Å². The maximum absolute atomic E-state index is 13.6. The Balaban J connectivity index is 5.13. The zero-order valence-corrected chi connectivity index (χ0v) is 28.6. The first-order valence-electron chi connectivity index (χ1n) is 18.5. The highest BCUT2D eigenvalue weighted by Gasteiger charge is 2.53. The Bertz CT molecular complexity index is 642. The summed E-state index contributed by atoms with van der Waals surface area (Å²) in [5.41, 5.74) is -2.30. The normalized spacial score (nSPS) is 12.4. The fourth-order valence-electron chi connectivity index (χ4n) is 5.86. The Morgan fingerprint density at radius 2 is 0.767 bits per heavy atom. The van der Waals surface area contributed by atoms with Crippen molar-refractivity contribution in [2.24, 2.45) is 0 Å². The molecule has 1 atom stereocenters. The summed E-state index contributed by atoms with van der Waals surface area (Å²) >= 11 is 0. The van der Waals surface area contributed by atoms with Gasteiger partial charge in [0.2, 0.25) is 0 Å². The first kappa shape index (κ1) is 41.7. The number of unbranched alkanes of at least 4 members (excludes halogenated alkanes) is 22. The molecule has 0 aliphatic heterocycles. The van der Waals surface area contributed by atoms with Gasteiger partial charge in [-0.1, -0.05) is 162 Å². The zero-order chi connectivity index (χ0) is 32.0. The van der Waals surface area contributed by atoms with E-state index < -0.39 is 35.8 Å². The SMILES string of the molecule is CCCCCCCCCCCC(=O)C(OC(=O)CCCCCCCCC)(C(=O)CCCCCCCCCCC)C(O)CO. The number of aliphatic hydroxyl groups is 2. The molecule has 0 saturated heterocycles. The van der Waals surface area contributed by atoms with E-state index in [-0.39, 0.29) is 19.3 Å². The summed E-state index contributed by atoms with van der Waals surface area (Å²) in [5, 5.41) is 20.8. The Morgan fingerprint density at radius 1 is 0.488 bits per heavy atom. The highest BCUT2D eigenvalue weighted by molar-refractivity contribution is 6.12. The number of carbonyl (C=O) groups excluding carboxylic acids is 3. The maximum Gasteiger partial charge on any atom is 0.307 e. The fourth-order valence-corrected chi connectivity index (χ4v) is 5.86. The molecule has 254 valence electrons. The second kappa shape index (κ2) is 29.4. The Labute approximate surface area is 265 Å². The van der Waals surface area contributed by atoms with Crippen LogP contribution in [0.3, 0.4) is 0 Å². The minimum absolute atomic E-state index is 0.0567. The van der Waals surface area contributed by atoms with E-state index >= 15 is 0 Å². The van der Waals surface area contributed by atoms with Gasteiger partial charge in [-0.25, -0.2) is 0 Å². The van der Waals surface area contributed by atoms with E-state index in [1.807, 2.05) is 0 Å². The molecule has 0 amide bonds. The van der Waals surface area contributed by atoms with Gasteiger partial charge in [0.25, 0.3) is 5.60 Å². The van der Waals surface area contributed by atoms with Crippen molar-refractivity contribution >= 4 is 17.5 Å². The van der Waals surface area contributed by atoms with Crippen LogP contribution in [0.2, 0.25) is 0 Å². The quantitative estimate of drug-likeness (QED) is 0.0436. The molecule has 6 nitrogen and oxygen atoms in total. The molecule has 0 aromatic carbocycles. The van der Waals surface area contributed by atoms with Crippen molar-refractivity contribution in [2.75, 3.05) is 6.61 Å². The van der Waals surface area contributed by atoms with Crippen molar-refractivity contribution in [2.45, 2.75) is 212 Å². The van der Waals surface area contributed by atoms with Crippen molar-refractivity contribution in [3.05, 3.63) is 0 Å². The second-order valence-electron chi connectivity index (χ2n) is 12.8. The summed E-state index contributed by atoms with van der Waals surface area (Å²) in [7, 11) is 0. The van der Waals surface area contributed by atoms with Crippen LogP contribution in [0.4, 0.5) is 0 Å². The third kappa shape index (κ3) is 20.4. The number of carbonyl (C=O) groups is 3. The van der Waals surface area contributed by atoms with E-state index in [1.54, 1.807) is 0 Å². The zero-order valence-electron chi connectivity index (χ0n) is 28.6. The molecule has 1 unspecified atom stereocenters. The first-order chi connectivity index (χ1) is 20.9. The number of rotatable bonds is 33. The third-order valence-corrected chi connectivity index (χ3v) is 8.74. The van der Waals surface area contributed by atoms with Gasteiger partial charge in [-0.15, -0.1) is 0 Å². The highest BCUT2D eigenvalue weighted by Crippen LogP contribution is 2.27. The van der Waals surface area contributed by atoms with Crippen molar-refractivity contribution in [1.82, 2.24) is 0 Å². The number of hydrogen-bond donors (Lipinski definition) is 2. The van der Waals surface area contributed by atoms with E-state index in [1.165, 1.54) is 83.5 Å². The number of Topliss-reactive ketones (excluding diaryl/α,β-unsaturated/α-hetero) is 2. The molecule has 0 fully saturated rings. The van der Waals surface area contributed by atoms with Gasteiger partial charge in [0.05, 0.1) is 6.61 Å². The molecule has 0 aliphatic carbocycles. The second-order valence-corrected chi connectivity index (χ2v) is 12.8. The van der Waals surface area contributed by atoms with Crippen LogP contribution in [-0.2, 0) is 19.1 Å². The smallest absolute Gasteiger partial charge is 0.307 e. The average molecular weight is 611 g/mol. The third-order valence-electron chi connectivity index (χ3n) is 8.74. The van der Waals surface area contributed by atoms with Crippen molar-refractivity contribution < 1.29 is 29.3 Å². The van der Waals surface area contributed by atoms with Crippen molar-refractivity contribution in [1.29, 1.82) is 0 Å². The van der Waals surface area contributed by atoms with E-state index in [0.29, 0.717) is 19.3 Å². The summed E-state index contributed by atoms with van der Waals surface area (Å²) < 4.78 is 5.68. The molecule has 0 spiro atoms. The summed E-state index contributed by atoms with van der Waals surface area (Å²) in [4.78, 5) is 40.2. The predicted octanol–water partition coefficient (Wildman–Crippen LogP) is 9.74. The predicted molar refractivity (Wildman–Crippen MR) is 178 cm³/mol. The number of ketones is 2. The van der Waals surface area contributed by atoms with E-state index in [0.717, 1.165) is 57.8 Å². The topological polar surface area (TPSA) is 101 Å². The molecule has 0 heterocycles. The lowest BCUT2D eigenvalue weighted by Gasteiger charge is -2.34. The van der Waals surface area contributed by atoms with Crippen molar-refractivity contribution in [3.63, 3.8) is 0 Å². The lowest BCUT2D eigenvalue weighted by Crippen LogP contribution is -2.60. The largest absolute Gasteiger partial charge is 0.440 e. The summed E-state index contributed by atoms with van der Waals surface area (Å²) in [6.07, 6.45) is 25.2. The van der Waals surface area contributed by atoms with Crippen LogP contribution in [0, 0.1) is 0 Å². The van der Waals surface area contributed by atoms with Gasteiger partial charge in [-0.3, -0.25) is 14.4 Å². The molecule has 0 saturated carbocycles. The van der Waals surface area contributed by atoms with Gasteiger partial charge in [0.1, 0.15) is 6.10 Å². The molecular weight excluding hydrogens is 540 g/mol. The lowest BCUT2D eigenvalue weighted by molar-refractivity contribution is -0.188. The Kier molecular flexibility index (Phi) is 28.6. The van der Waals surface area contributed by atoms with Gasteiger partial charge in [-0.2, -0.15) is 0 Å². The Morgan fingerprint density at radius 3 is 1.07 bits per heavy atom. The number of ether oxygens (including phenoxy) is 1. The lowest BCUT2D eigenvalue weighted by atomic mass is 9.82. The number of aliphatic hydroxyl groups excluding tert-OH is 2. The standard InChI is InChI=1S/C37H70O6/c1-4-7-10-13-16-18-21-23-26-29-33(39)37(35(41)32-38,43-36(42)31-28-25-20-15-12-9-6-3)34(40)30-27-24-22-19-17-14-11-8-5-2/h35,38,41H,4-32H2,1-3H3. The molecule has 6 heteroatoms. The van der Waals surface area contributed by atoms with Gasteiger partial charge in [-0.05, 0) is 19.3 Å². The monoisotopic (exact) mass is 611 g/mol. The van der Waals surface area contributed by atoms with Crippen LogP contribution in [0.15, 0.2) is 0 Å². The summed E-state index contributed by atoms with van der Waals surface area (Å²) in [6.45, 7) is 5.78. The van der Waals surface area contributed by atoms with Crippen LogP contribution in [0.5, 0.6) is 0 Å². The molecule has 2 N–H and O–H groups in total. The molecule has 0 aromatic rings. The minimum Gasteiger partial charge on any atom is -0.440 e. The molecule has 0 aliphatic rings. The molecule has 43 heavy (non-hydrogen) atoms. The van der Waals surface area contributed by atoms with Crippen LogP contribution in [-0.4, -0.2) is 46.1 Å². The molecule has 0 bridgehead atoms. The maximum atomic E-state index is 13.6. The number of hydrogen-bond acceptors (Lipinski definition) is 6. The van der Waals surface area contributed by atoms with Crippen LogP contribution >= 0.6 is 0 Å². The molecular formula is C37H70O6. The summed E-state index contributed by atoms with van der Waals surface area (Å²) in [6, 6.07) is 0. The molecule has 0 rings (SSSR count). The minimum atomic E-state index is -2.30.